The molecule has 36 heavy (non-hydrogen) atoms. The molecule has 0 aromatic heterocycles. The zero-order chi connectivity index (χ0) is 26.5. The normalized spacial score (nSPS) is 12.4. The fraction of sp³-hybridized carbons (Fsp3) is 0.968. The fourth-order valence-electron chi connectivity index (χ4n) is 4.64. The molecular weight excluding hydrogens is 452 g/mol. The van der Waals surface area contributed by atoms with E-state index in [-0.39, 0.29) is 18.7 Å². The predicted molar refractivity (Wildman–Crippen MR) is 152 cm³/mol. The summed E-state index contributed by atoms with van der Waals surface area (Å²) >= 11 is 0. The topological polar surface area (TPSA) is 54.0 Å². The van der Waals surface area contributed by atoms with Crippen LogP contribution >= 0.6 is 0 Å². The molecule has 0 aliphatic heterocycles. The zero-order valence-corrected chi connectivity index (χ0v) is 24.7. The smallest absolute Gasteiger partial charge is 0.332 e. The first-order valence-electron chi connectivity index (χ1n) is 15.5. The van der Waals surface area contributed by atoms with Gasteiger partial charge in [0.2, 0.25) is 0 Å². The molecule has 0 aliphatic carbocycles. The van der Waals surface area contributed by atoms with Gasteiger partial charge in [0.05, 0.1) is 32.5 Å². The number of carbonyl (C=O) groups excluding carboxylic acids is 1. The SMILES string of the molecule is CCCCCCCCCCC(CCCCCCCCCC)CCOC(=O)COCC(C)OCCOC. The van der Waals surface area contributed by atoms with Gasteiger partial charge in [0, 0.05) is 7.11 Å². The van der Waals surface area contributed by atoms with E-state index in [1.54, 1.807) is 7.11 Å². The van der Waals surface area contributed by atoms with E-state index in [4.69, 9.17) is 18.9 Å². The van der Waals surface area contributed by atoms with Crippen molar-refractivity contribution in [2.24, 2.45) is 5.92 Å². The lowest BCUT2D eigenvalue weighted by Crippen LogP contribution is -2.22. The van der Waals surface area contributed by atoms with Crippen LogP contribution in [-0.2, 0) is 23.7 Å². The molecule has 0 spiro atoms. The molecule has 0 heterocycles. The van der Waals surface area contributed by atoms with Crippen molar-refractivity contribution in [2.75, 3.05) is 40.1 Å². The number of rotatable bonds is 29. The standard InChI is InChI=1S/C31H62O5/c1-5-7-9-11-13-15-17-19-21-30(22-20-18-16-14-12-10-8-6-2)23-24-36-31(32)28-34-27-29(3)35-26-25-33-4/h29-30H,5-28H2,1-4H3. The minimum Gasteiger partial charge on any atom is -0.464 e. The molecule has 5 heteroatoms. The van der Waals surface area contributed by atoms with E-state index in [1.165, 1.54) is 116 Å². The van der Waals surface area contributed by atoms with Gasteiger partial charge in [-0.2, -0.15) is 0 Å². The summed E-state index contributed by atoms with van der Waals surface area (Å²) in [5, 5.41) is 0. The number of hydrogen-bond donors (Lipinski definition) is 0. The second kappa shape index (κ2) is 28.9. The number of hydrogen-bond acceptors (Lipinski definition) is 5. The van der Waals surface area contributed by atoms with Gasteiger partial charge in [-0.3, -0.25) is 0 Å². The highest BCUT2D eigenvalue weighted by Gasteiger charge is 2.12. The Kier molecular flexibility index (Phi) is 28.4. The van der Waals surface area contributed by atoms with Gasteiger partial charge in [0.25, 0.3) is 0 Å². The lowest BCUT2D eigenvalue weighted by atomic mass is 9.91. The van der Waals surface area contributed by atoms with Crippen molar-refractivity contribution in [3.8, 4) is 0 Å². The molecule has 0 amide bonds. The van der Waals surface area contributed by atoms with Crippen molar-refractivity contribution in [1.82, 2.24) is 0 Å². The molecule has 0 bridgehead atoms. The van der Waals surface area contributed by atoms with Crippen LogP contribution in [0, 0.1) is 5.92 Å². The van der Waals surface area contributed by atoms with Crippen LogP contribution in [0.4, 0.5) is 0 Å². The lowest BCUT2D eigenvalue weighted by Gasteiger charge is -2.17. The molecule has 0 aromatic carbocycles. The first-order chi connectivity index (χ1) is 17.6. The van der Waals surface area contributed by atoms with Gasteiger partial charge in [-0.05, 0) is 19.3 Å². The van der Waals surface area contributed by atoms with Gasteiger partial charge < -0.3 is 18.9 Å². The highest BCUT2D eigenvalue weighted by atomic mass is 16.6. The molecule has 0 saturated carbocycles. The number of unbranched alkanes of at least 4 members (excludes halogenated alkanes) is 14. The number of esters is 1. The molecule has 0 saturated heterocycles. The maximum absolute atomic E-state index is 12.1. The third-order valence-electron chi connectivity index (χ3n) is 6.98. The van der Waals surface area contributed by atoms with E-state index in [2.05, 4.69) is 13.8 Å². The first-order valence-corrected chi connectivity index (χ1v) is 15.5. The average Bonchev–Trinajstić information content (AvgIpc) is 2.87. The summed E-state index contributed by atoms with van der Waals surface area (Å²) < 4.78 is 21.5. The molecule has 1 atom stereocenters. The summed E-state index contributed by atoms with van der Waals surface area (Å²) in [6, 6.07) is 0. The van der Waals surface area contributed by atoms with Crippen molar-refractivity contribution in [3.05, 3.63) is 0 Å². The van der Waals surface area contributed by atoms with E-state index < -0.39 is 0 Å². The molecule has 1 unspecified atom stereocenters. The predicted octanol–water partition coefficient (Wildman–Crippen LogP) is 8.67. The largest absolute Gasteiger partial charge is 0.464 e. The van der Waals surface area contributed by atoms with Crippen LogP contribution in [0.1, 0.15) is 143 Å². The van der Waals surface area contributed by atoms with Crippen LogP contribution in [0.5, 0.6) is 0 Å². The Morgan fingerprint density at radius 1 is 0.639 bits per heavy atom. The van der Waals surface area contributed by atoms with Crippen molar-refractivity contribution >= 4 is 5.97 Å². The third-order valence-corrected chi connectivity index (χ3v) is 6.98. The van der Waals surface area contributed by atoms with Crippen LogP contribution < -0.4 is 0 Å². The second-order valence-corrected chi connectivity index (χ2v) is 10.6. The zero-order valence-electron chi connectivity index (χ0n) is 24.7. The molecule has 0 aromatic rings. The molecular formula is C31H62O5. The van der Waals surface area contributed by atoms with Crippen LogP contribution in [0.15, 0.2) is 0 Å². The Labute approximate surface area is 224 Å². The van der Waals surface area contributed by atoms with Crippen molar-refractivity contribution in [1.29, 1.82) is 0 Å². The number of methoxy groups -OCH3 is 1. The molecule has 0 radical (unpaired) electrons. The minimum atomic E-state index is -0.267. The number of carbonyl (C=O) groups is 1. The summed E-state index contributed by atoms with van der Waals surface area (Å²) in [5.41, 5.74) is 0. The Morgan fingerprint density at radius 2 is 1.14 bits per heavy atom. The van der Waals surface area contributed by atoms with Gasteiger partial charge in [-0.15, -0.1) is 0 Å². The van der Waals surface area contributed by atoms with E-state index >= 15 is 0 Å². The van der Waals surface area contributed by atoms with Gasteiger partial charge in [0.15, 0.2) is 0 Å². The fourth-order valence-corrected chi connectivity index (χ4v) is 4.64. The van der Waals surface area contributed by atoms with Gasteiger partial charge in [-0.25, -0.2) is 4.79 Å². The highest BCUT2D eigenvalue weighted by Crippen LogP contribution is 2.22. The van der Waals surface area contributed by atoms with Crippen molar-refractivity contribution in [3.63, 3.8) is 0 Å². The van der Waals surface area contributed by atoms with Crippen molar-refractivity contribution < 1.29 is 23.7 Å². The Bertz CT molecular complexity index is 423. The summed E-state index contributed by atoms with van der Waals surface area (Å²) in [7, 11) is 1.65. The molecule has 216 valence electrons. The number of ether oxygens (including phenoxy) is 4. The molecule has 0 fully saturated rings. The van der Waals surface area contributed by atoms with E-state index in [0.717, 1.165) is 6.42 Å². The van der Waals surface area contributed by atoms with Crippen LogP contribution in [0.2, 0.25) is 0 Å². The van der Waals surface area contributed by atoms with Crippen LogP contribution in [0.3, 0.4) is 0 Å². The first kappa shape index (κ1) is 35.4. The lowest BCUT2D eigenvalue weighted by molar-refractivity contribution is -0.150. The van der Waals surface area contributed by atoms with Gasteiger partial charge in [-0.1, -0.05) is 129 Å². The maximum atomic E-state index is 12.1. The summed E-state index contributed by atoms with van der Waals surface area (Å²) in [6.45, 7) is 8.48. The summed E-state index contributed by atoms with van der Waals surface area (Å²) in [4.78, 5) is 12.1. The minimum absolute atomic E-state index is 0.00128. The summed E-state index contributed by atoms with van der Waals surface area (Å²) in [5.74, 6) is 0.408. The average molecular weight is 515 g/mol. The van der Waals surface area contributed by atoms with Crippen LogP contribution in [0.25, 0.3) is 0 Å². The molecule has 0 aliphatic rings. The summed E-state index contributed by atoms with van der Waals surface area (Å²) in [6.07, 6.45) is 25.3. The van der Waals surface area contributed by atoms with E-state index in [9.17, 15) is 4.79 Å². The maximum Gasteiger partial charge on any atom is 0.332 e. The van der Waals surface area contributed by atoms with Gasteiger partial charge in [0.1, 0.15) is 6.61 Å². The Morgan fingerprint density at radius 3 is 1.64 bits per heavy atom. The Balaban J connectivity index is 4.07. The van der Waals surface area contributed by atoms with E-state index in [1.807, 2.05) is 6.92 Å². The Hall–Kier alpha value is -0.650. The van der Waals surface area contributed by atoms with Crippen LogP contribution in [-0.4, -0.2) is 52.2 Å². The molecule has 5 nitrogen and oxygen atoms in total. The van der Waals surface area contributed by atoms with Crippen molar-refractivity contribution in [2.45, 2.75) is 149 Å². The van der Waals surface area contributed by atoms with Gasteiger partial charge >= 0.3 is 5.97 Å². The molecule has 0 rings (SSSR count). The quantitative estimate of drug-likeness (QED) is 0.0738. The third kappa shape index (κ3) is 26.4. The second-order valence-electron chi connectivity index (χ2n) is 10.6. The highest BCUT2D eigenvalue weighted by molar-refractivity contribution is 5.70. The molecule has 0 N–H and O–H groups in total. The monoisotopic (exact) mass is 514 g/mol. The van der Waals surface area contributed by atoms with E-state index in [0.29, 0.717) is 32.3 Å².